The van der Waals surface area contributed by atoms with Gasteiger partial charge in [0.2, 0.25) is 0 Å². The van der Waals surface area contributed by atoms with Gasteiger partial charge in [-0.1, -0.05) is 11.6 Å². The van der Waals surface area contributed by atoms with Gasteiger partial charge in [-0.3, -0.25) is 19.1 Å². The zero-order valence-electron chi connectivity index (χ0n) is 8.44. The second kappa shape index (κ2) is 4.06. The Balaban J connectivity index is 2.88. The fourth-order valence-electron chi connectivity index (χ4n) is 1.56. The van der Waals surface area contributed by atoms with Gasteiger partial charge in [0.15, 0.2) is 0 Å². The van der Waals surface area contributed by atoms with Gasteiger partial charge in [0.1, 0.15) is 6.54 Å². The number of aliphatic carboxylic acids is 1. The van der Waals surface area contributed by atoms with E-state index in [0.29, 0.717) is 5.02 Å². The third-order valence-corrected chi connectivity index (χ3v) is 2.49. The molecule has 88 valence electrons. The Morgan fingerprint density at radius 2 is 2.12 bits per heavy atom. The molecule has 2 N–H and O–H groups in total. The first-order valence-corrected chi connectivity index (χ1v) is 5.01. The number of aromatic amines is 1. The molecule has 1 heterocycles. The third-order valence-electron chi connectivity index (χ3n) is 2.25. The lowest BCUT2D eigenvalue weighted by Crippen LogP contribution is -2.32. The molecular weight excluding hydrogens is 248 g/mol. The Hall–Kier alpha value is -2.08. The van der Waals surface area contributed by atoms with E-state index in [1.54, 1.807) is 0 Å². The number of carboxylic acid groups (broad SMARTS) is 1. The summed E-state index contributed by atoms with van der Waals surface area (Å²) in [6, 6.07) is 4.31. The van der Waals surface area contributed by atoms with Crippen LogP contribution in [0.5, 0.6) is 0 Å². The molecule has 17 heavy (non-hydrogen) atoms. The molecule has 0 aliphatic carbocycles. The molecule has 0 fully saturated rings. The highest BCUT2D eigenvalue weighted by molar-refractivity contribution is 6.31. The molecule has 0 unspecified atom stereocenters. The van der Waals surface area contributed by atoms with Crippen molar-refractivity contribution >= 4 is 28.5 Å². The van der Waals surface area contributed by atoms with Crippen LogP contribution in [-0.4, -0.2) is 20.6 Å². The van der Waals surface area contributed by atoms with E-state index in [1.807, 2.05) is 4.98 Å². The number of fused-ring (bicyclic) bond motifs is 1. The SMILES string of the molecule is O=C(O)Cn1c(=O)[nH]c(=O)c2cc(Cl)ccc21. The number of carboxylic acids is 1. The summed E-state index contributed by atoms with van der Waals surface area (Å²) >= 11 is 5.73. The normalized spacial score (nSPS) is 10.6. The van der Waals surface area contributed by atoms with Crippen molar-refractivity contribution in [3.8, 4) is 0 Å². The van der Waals surface area contributed by atoms with Gasteiger partial charge >= 0.3 is 11.7 Å². The molecule has 0 aliphatic rings. The Kier molecular flexibility index (Phi) is 2.72. The molecule has 7 heteroatoms. The van der Waals surface area contributed by atoms with Crippen LogP contribution in [0.15, 0.2) is 27.8 Å². The molecule has 0 saturated carbocycles. The van der Waals surface area contributed by atoms with Crippen LogP contribution >= 0.6 is 11.6 Å². The van der Waals surface area contributed by atoms with Gasteiger partial charge in [-0.15, -0.1) is 0 Å². The zero-order valence-corrected chi connectivity index (χ0v) is 9.19. The summed E-state index contributed by atoms with van der Waals surface area (Å²) in [6.07, 6.45) is 0. The number of benzene rings is 1. The summed E-state index contributed by atoms with van der Waals surface area (Å²) in [7, 11) is 0. The Bertz CT molecular complexity index is 716. The molecule has 0 atom stereocenters. The minimum absolute atomic E-state index is 0.179. The first-order chi connectivity index (χ1) is 7.99. The maximum absolute atomic E-state index is 11.5. The molecule has 1 aromatic carbocycles. The number of H-pyrrole nitrogens is 1. The van der Waals surface area contributed by atoms with Crippen LogP contribution in [0, 0.1) is 0 Å². The number of halogens is 1. The van der Waals surface area contributed by atoms with E-state index < -0.39 is 23.8 Å². The van der Waals surface area contributed by atoms with Crippen LogP contribution in [0.2, 0.25) is 5.02 Å². The number of carbonyl (C=O) groups is 1. The summed E-state index contributed by atoms with van der Waals surface area (Å²) < 4.78 is 0.968. The Labute approximate surface area is 99.1 Å². The van der Waals surface area contributed by atoms with E-state index in [-0.39, 0.29) is 10.9 Å². The van der Waals surface area contributed by atoms with Gasteiger partial charge in [0, 0.05) is 5.02 Å². The molecule has 0 saturated heterocycles. The minimum Gasteiger partial charge on any atom is -0.480 e. The second-order valence-electron chi connectivity index (χ2n) is 3.40. The number of hydrogen-bond acceptors (Lipinski definition) is 3. The number of nitrogens with one attached hydrogen (secondary N) is 1. The molecule has 0 bridgehead atoms. The first-order valence-electron chi connectivity index (χ1n) is 4.63. The number of nitrogens with zero attached hydrogens (tertiary/aromatic N) is 1. The molecule has 6 nitrogen and oxygen atoms in total. The maximum Gasteiger partial charge on any atom is 0.329 e. The van der Waals surface area contributed by atoms with Crippen molar-refractivity contribution in [1.82, 2.24) is 9.55 Å². The van der Waals surface area contributed by atoms with Gasteiger partial charge in [0.25, 0.3) is 5.56 Å². The number of hydrogen-bond donors (Lipinski definition) is 2. The van der Waals surface area contributed by atoms with E-state index >= 15 is 0 Å². The second-order valence-corrected chi connectivity index (χ2v) is 3.84. The predicted molar refractivity (Wildman–Crippen MR) is 61.5 cm³/mol. The van der Waals surface area contributed by atoms with E-state index in [9.17, 15) is 14.4 Å². The van der Waals surface area contributed by atoms with E-state index in [1.165, 1.54) is 18.2 Å². The third kappa shape index (κ3) is 2.07. The van der Waals surface area contributed by atoms with Gasteiger partial charge in [-0.05, 0) is 18.2 Å². The van der Waals surface area contributed by atoms with Crippen LogP contribution in [0.1, 0.15) is 0 Å². The van der Waals surface area contributed by atoms with Crippen molar-refractivity contribution in [3.63, 3.8) is 0 Å². The van der Waals surface area contributed by atoms with Crippen LogP contribution in [0.4, 0.5) is 0 Å². The largest absolute Gasteiger partial charge is 0.480 e. The average Bonchev–Trinajstić information content (AvgIpc) is 2.24. The van der Waals surface area contributed by atoms with Crippen molar-refractivity contribution < 1.29 is 9.90 Å². The lowest BCUT2D eigenvalue weighted by Gasteiger charge is -2.06. The molecule has 0 amide bonds. The van der Waals surface area contributed by atoms with Crippen molar-refractivity contribution in [1.29, 1.82) is 0 Å². The highest BCUT2D eigenvalue weighted by Gasteiger charge is 2.10. The van der Waals surface area contributed by atoms with Gasteiger partial charge < -0.3 is 5.11 Å². The van der Waals surface area contributed by atoms with Crippen molar-refractivity contribution in [2.75, 3.05) is 0 Å². The smallest absolute Gasteiger partial charge is 0.329 e. The van der Waals surface area contributed by atoms with Crippen LogP contribution in [-0.2, 0) is 11.3 Å². The molecule has 2 rings (SSSR count). The monoisotopic (exact) mass is 254 g/mol. The molecule has 1 aromatic heterocycles. The van der Waals surface area contributed by atoms with Crippen LogP contribution in [0.3, 0.4) is 0 Å². The predicted octanol–water partition coefficient (Wildman–Crippen LogP) is 0.428. The molecule has 0 aliphatic heterocycles. The van der Waals surface area contributed by atoms with Crippen molar-refractivity contribution in [2.24, 2.45) is 0 Å². The van der Waals surface area contributed by atoms with Gasteiger partial charge in [-0.2, -0.15) is 0 Å². The van der Waals surface area contributed by atoms with Gasteiger partial charge in [0.05, 0.1) is 10.9 Å². The topological polar surface area (TPSA) is 92.2 Å². The quantitative estimate of drug-likeness (QED) is 0.813. The lowest BCUT2D eigenvalue weighted by atomic mass is 10.2. The first kappa shape index (κ1) is 11.4. The summed E-state index contributed by atoms with van der Waals surface area (Å²) in [6.45, 7) is -0.520. The number of rotatable bonds is 2. The molecule has 0 radical (unpaired) electrons. The number of aromatic nitrogens is 2. The van der Waals surface area contributed by atoms with E-state index in [2.05, 4.69) is 0 Å². The fraction of sp³-hybridized carbons (Fsp3) is 0.100. The standard InChI is InChI=1S/C10H7ClN2O4/c11-5-1-2-7-6(3-5)9(16)12-10(17)13(7)4-8(14)15/h1-3H,4H2,(H,14,15)(H,12,16,17). The Morgan fingerprint density at radius 3 is 2.76 bits per heavy atom. The highest BCUT2D eigenvalue weighted by Crippen LogP contribution is 2.14. The van der Waals surface area contributed by atoms with Gasteiger partial charge in [-0.25, -0.2) is 4.79 Å². The Morgan fingerprint density at radius 1 is 1.41 bits per heavy atom. The zero-order chi connectivity index (χ0) is 12.6. The summed E-state index contributed by atoms with van der Waals surface area (Å²) in [5.74, 6) is -1.17. The summed E-state index contributed by atoms with van der Waals surface area (Å²) in [4.78, 5) is 35.7. The van der Waals surface area contributed by atoms with Crippen LogP contribution < -0.4 is 11.2 Å². The van der Waals surface area contributed by atoms with Crippen molar-refractivity contribution in [3.05, 3.63) is 44.1 Å². The maximum atomic E-state index is 11.5. The highest BCUT2D eigenvalue weighted by atomic mass is 35.5. The molecule has 2 aromatic rings. The van der Waals surface area contributed by atoms with Crippen molar-refractivity contribution in [2.45, 2.75) is 6.54 Å². The molecule has 0 spiro atoms. The van der Waals surface area contributed by atoms with Crippen LogP contribution in [0.25, 0.3) is 10.9 Å². The fourth-order valence-corrected chi connectivity index (χ4v) is 1.73. The van der Waals surface area contributed by atoms with E-state index in [0.717, 1.165) is 4.57 Å². The lowest BCUT2D eigenvalue weighted by molar-refractivity contribution is -0.137. The summed E-state index contributed by atoms with van der Waals surface area (Å²) in [5, 5.41) is 9.21. The molecular formula is C10H7ClN2O4. The summed E-state index contributed by atoms with van der Waals surface area (Å²) in [5.41, 5.74) is -1.10. The minimum atomic E-state index is -1.17. The average molecular weight is 255 g/mol. The van der Waals surface area contributed by atoms with E-state index in [4.69, 9.17) is 16.7 Å².